The van der Waals surface area contributed by atoms with E-state index in [1.54, 1.807) is 0 Å². The number of likely N-dealkylation sites (tertiary alicyclic amines) is 1. The van der Waals surface area contributed by atoms with E-state index in [1.807, 2.05) is 35.2 Å². The molecular weight excluding hydrogens is 238 g/mol. The lowest BCUT2D eigenvalue weighted by Gasteiger charge is -2.34. The summed E-state index contributed by atoms with van der Waals surface area (Å²) in [6.45, 7) is 3.38. The van der Waals surface area contributed by atoms with Gasteiger partial charge >= 0.3 is 6.09 Å². The fourth-order valence-corrected chi connectivity index (χ4v) is 2.68. The molecule has 19 heavy (non-hydrogen) atoms. The van der Waals surface area contributed by atoms with Gasteiger partial charge in [0.05, 0.1) is 0 Å². The molecule has 1 fully saturated rings. The molecule has 1 unspecified atom stereocenters. The minimum absolute atomic E-state index is 0.151. The highest BCUT2D eigenvalue weighted by Crippen LogP contribution is 2.21. The van der Waals surface area contributed by atoms with Crippen LogP contribution in [0.2, 0.25) is 0 Å². The Kier molecular flexibility index (Phi) is 5.25. The van der Waals surface area contributed by atoms with Crippen LogP contribution in [0.4, 0.5) is 4.79 Å². The average molecular weight is 261 g/mol. The summed E-state index contributed by atoms with van der Waals surface area (Å²) in [5.74, 6) is 0. The maximum Gasteiger partial charge on any atom is 0.410 e. The van der Waals surface area contributed by atoms with E-state index in [0.717, 1.165) is 37.8 Å². The number of nitrogens with zero attached hydrogens (tertiary/aromatic N) is 1. The second-order valence-corrected chi connectivity index (χ2v) is 5.17. The van der Waals surface area contributed by atoms with E-state index in [0.29, 0.717) is 12.6 Å². The van der Waals surface area contributed by atoms with Crippen LogP contribution in [0, 0.1) is 0 Å². The van der Waals surface area contributed by atoms with E-state index in [1.165, 1.54) is 6.42 Å². The van der Waals surface area contributed by atoms with Crippen molar-refractivity contribution in [1.29, 1.82) is 0 Å². The first kappa shape index (κ1) is 13.9. The average Bonchev–Trinajstić information content (AvgIpc) is 2.47. The van der Waals surface area contributed by atoms with E-state index in [4.69, 9.17) is 4.74 Å². The van der Waals surface area contributed by atoms with Gasteiger partial charge in [-0.3, -0.25) is 0 Å². The van der Waals surface area contributed by atoms with Crippen molar-refractivity contribution in [3.63, 3.8) is 0 Å². The van der Waals surface area contributed by atoms with Gasteiger partial charge in [-0.25, -0.2) is 4.79 Å². The third-order valence-electron chi connectivity index (χ3n) is 3.69. The Morgan fingerprint density at radius 2 is 2.11 bits per heavy atom. The summed E-state index contributed by atoms with van der Waals surface area (Å²) in [5, 5.41) is 0. The van der Waals surface area contributed by atoms with Crippen LogP contribution < -0.4 is 0 Å². The fourth-order valence-electron chi connectivity index (χ4n) is 2.68. The maximum atomic E-state index is 12.2. The number of carbonyl (C=O) groups excluding carboxylic acids is 1. The molecule has 1 heterocycles. The molecule has 1 saturated heterocycles. The van der Waals surface area contributed by atoms with Crippen LogP contribution in [0.3, 0.4) is 0 Å². The smallest absolute Gasteiger partial charge is 0.410 e. The summed E-state index contributed by atoms with van der Waals surface area (Å²) in [7, 11) is 0. The first-order valence-corrected chi connectivity index (χ1v) is 7.28. The van der Waals surface area contributed by atoms with Gasteiger partial charge in [0, 0.05) is 12.6 Å². The molecule has 0 radical (unpaired) electrons. The molecule has 0 N–H and O–H groups in total. The van der Waals surface area contributed by atoms with Crippen LogP contribution in [0.1, 0.15) is 44.6 Å². The monoisotopic (exact) mass is 261 g/mol. The van der Waals surface area contributed by atoms with Crippen LogP contribution in [-0.4, -0.2) is 23.6 Å². The highest BCUT2D eigenvalue weighted by atomic mass is 16.6. The van der Waals surface area contributed by atoms with E-state index in [-0.39, 0.29) is 6.09 Å². The summed E-state index contributed by atoms with van der Waals surface area (Å²) in [6, 6.07) is 10.2. The largest absolute Gasteiger partial charge is 0.445 e. The van der Waals surface area contributed by atoms with Crippen molar-refractivity contribution >= 4 is 6.09 Å². The lowest BCUT2D eigenvalue weighted by molar-refractivity contribution is 0.0659. The highest BCUT2D eigenvalue weighted by Gasteiger charge is 2.26. The standard InChI is InChI=1S/C16H23NO2/c1-2-8-15-11-6-7-12-17(15)16(18)19-13-14-9-4-3-5-10-14/h3-5,9-10,15H,2,6-8,11-13H2,1H3. The molecule has 1 aromatic rings. The van der Waals surface area contributed by atoms with Crippen molar-refractivity contribution in [3.8, 4) is 0 Å². The number of hydrogen-bond acceptors (Lipinski definition) is 2. The zero-order chi connectivity index (χ0) is 13.5. The van der Waals surface area contributed by atoms with E-state index in [2.05, 4.69) is 6.92 Å². The second kappa shape index (κ2) is 7.17. The van der Waals surface area contributed by atoms with Crippen LogP contribution in [0.15, 0.2) is 30.3 Å². The van der Waals surface area contributed by atoms with Gasteiger partial charge in [-0.2, -0.15) is 0 Å². The lowest BCUT2D eigenvalue weighted by atomic mass is 9.99. The zero-order valence-electron chi connectivity index (χ0n) is 11.7. The van der Waals surface area contributed by atoms with Crippen molar-refractivity contribution in [2.75, 3.05) is 6.54 Å². The predicted octanol–water partition coefficient (Wildman–Crippen LogP) is 3.98. The summed E-state index contributed by atoms with van der Waals surface area (Å²) in [6.07, 6.45) is 5.50. The Balaban J connectivity index is 1.87. The van der Waals surface area contributed by atoms with Gasteiger partial charge in [0.15, 0.2) is 0 Å². The molecule has 3 heteroatoms. The lowest BCUT2D eigenvalue weighted by Crippen LogP contribution is -2.43. The fraction of sp³-hybridized carbons (Fsp3) is 0.562. The molecule has 104 valence electrons. The Morgan fingerprint density at radius 3 is 2.84 bits per heavy atom. The number of piperidine rings is 1. The predicted molar refractivity (Wildman–Crippen MR) is 75.9 cm³/mol. The molecule has 1 aliphatic heterocycles. The normalized spacial score (nSPS) is 19.2. The highest BCUT2D eigenvalue weighted by molar-refractivity contribution is 5.68. The number of rotatable bonds is 4. The quantitative estimate of drug-likeness (QED) is 0.820. The molecule has 2 rings (SSSR count). The first-order valence-electron chi connectivity index (χ1n) is 7.28. The first-order chi connectivity index (χ1) is 9.31. The topological polar surface area (TPSA) is 29.5 Å². The Bertz CT molecular complexity index is 389. The van der Waals surface area contributed by atoms with E-state index < -0.39 is 0 Å². The van der Waals surface area contributed by atoms with Crippen molar-refractivity contribution in [2.45, 2.75) is 51.7 Å². The number of hydrogen-bond donors (Lipinski definition) is 0. The minimum Gasteiger partial charge on any atom is -0.445 e. The molecule has 0 spiro atoms. The van der Waals surface area contributed by atoms with Crippen LogP contribution in [0.5, 0.6) is 0 Å². The van der Waals surface area contributed by atoms with Crippen molar-refractivity contribution in [3.05, 3.63) is 35.9 Å². The molecule has 3 nitrogen and oxygen atoms in total. The molecule has 1 aliphatic rings. The number of benzene rings is 1. The molecule has 0 aromatic heterocycles. The van der Waals surface area contributed by atoms with Gasteiger partial charge in [0.2, 0.25) is 0 Å². The van der Waals surface area contributed by atoms with E-state index in [9.17, 15) is 4.79 Å². The molecular formula is C16H23NO2. The summed E-state index contributed by atoms with van der Waals surface area (Å²) in [4.78, 5) is 14.1. The summed E-state index contributed by atoms with van der Waals surface area (Å²) < 4.78 is 5.43. The van der Waals surface area contributed by atoms with Crippen LogP contribution in [0.25, 0.3) is 0 Å². The van der Waals surface area contributed by atoms with Gasteiger partial charge in [-0.05, 0) is 31.2 Å². The third-order valence-corrected chi connectivity index (χ3v) is 3.69. The summed E-state index contributed by atoms with van der Waals surface area (Å²) >= 11 is 0. The second-order valence-electron chi connectivity index (χ2n) is 5.17. The number of carbonyl (C=O) groups is 1. The van der Waals surface area contributed by atoms with Gasteiger partial charge < -0.3 is 9.64 Å². The number of ether oxygens (including phenoxy) is 1. The van der Waals surface area contributed by atoms with Crippen molar-refractivity contribution < 1.29 is 9.53 Å². The summed E-state index contributed by atoms with van der Waals surface area (Å²) in [5.41, 5.74) is 1.04. The van der Waals surface area contributed by atoms with Crippen LogP contribution in [-0.2, 0) is 11.3 Å². The minimum atomic E-state index is -0.151. The molecule has 0 saturated carbocycles. The van der Waals surface area contributed by atoms with Crippen molar-refractivity contribution in [1.82, 2.24) is 4.90 Å². The van der Waals surface area contributed by atoms with Gasteiger partial charge in [0.25, 0.3) is 0 Å². The Morgan fingerprint density at radius 1 is 1.32 bits per heavy atom. The Hall–Kier alpha value is -1.51. The zero-order valence-corrected chi connectivity index (χ0v) is 11.7. The van der Waals surface area contributed by atoms with Gasteiger partial charge in [0.1, 0.15) is 6.61 Å². The molecule has 1 atom stereocenters. The third kappa shape index (κ3) is 3.98. The van der Waals surface area contributed by atoms with Crippen molar-refractivity contribution in [2.24, 2.45) is 0 Å². The Labute approximate surface area is 115 Å². The van der Waals surface area contributed by atoms with Crippen LogP contribution >= 0.6 is 0 Å². The molecule has 1 amide bonds. The van der Waals surface area contributed by atoms with Gasteiger partial charge in [-0.15, -0.1) is 0 Å². The van der Waals surface area contributed by atoms with Gasteiger partial charge in [-0.1, -0.05) is 43.7 Å². The SMILES string of the molecule is CCCC1CCCCN1C(=O)OCc1ccccc1. The maximum absolute atomic E-state index is 12.2. The molecule has 0 bridgehead atoms. The molecule has 0 aliphatic carbocycles. The number of amides is 1. The molecule has 1 aromatic carbocycles. The van der Waals surface area contributed by atoms with E-state index >= 15 is 0 Å².